The summed E-state index contributed by atoms with van der Waals surface area (Å²) >= 11 is -1.75. The lowest BCUT2D eigenvalue weighted by atomic mass is 9.65. The van der Waals surface area contributed by atoms with Gasteiger partial charge in [-0.3, -0.25) is 4.90 Å². The first kappa shape index (κ1) is 14.9. The largest absolute Gasteiger partial charge is 0.391 e. The molecule has 0 aromatic heterocycles. The summed E-state index contributed by atoms with van der Waals surface area (Å²) in [5, 5.41) is 10.5. The second-order valence-corrected chi connectivity index (χ2v) is 8.15. The highest BCUT2D eigenvalue weighted by molar-refractivity contribution is 7.79. The quantitative estimate of drug-likeness (QED) is 0.783. The van der Waals surface area contributed by atoms with Gasteiger partial charge in [-0.2, -0.15) is 0 Å². The van der Waals surface area contributed by atoms with Crippen molar-refractivity contribution in [3.8, 4) is 0 Å². The Morgan fingerprint density at radius 1 is 1.10 bits per heavy atom. The van der Waals surface area contributed by atoms with Crippen LogP contribution in [0.1, 0.15) is 51.4 Å². The molecule has 4 saturated carbocycles. The third kappa shape index (κ3) is 2.58. The molecule has 4 nitrogen and oxygen atoms in total. The van der Waals surface area contributed by atoms with Gasteiger partial charge >= 0.3 is 0 Å². The number of aliphatic hydroxyl groups excluding tert-OH is 1. The van der Waals surface area contributed by atoms with Crippen molar-refractivity contribution in [1.29, 1.82) is 0 Å². The van der Waals surface area contributed by atoms with Gasteiger partial charge in [0.1, 0.15) is 0 Å². The third-order valence-electron chi connectivity index (χ3n) is 6.03. The summed E-state index contributed by atoms with van der Waals surface area (Å²) in [6.45, 7) is 0. The van der Waals surface area contributed by atoms with Crippen LogP contribution in [0.5, 0.6) is 0 Å². The highest BCUT2D eigenvalue weighted by atomic mass is 32.2. The molecule has 5 heteroatoms. The zero-order chi connectivity index (χ0) is 14.3. The number of rotatable bonds is 3. The van der Waals surface area contributed by atoms with Gasteiger partial charge in [0, 0.05) is 12.1 Å². The van der Waals surface area contributed by atoms with E-state index in [1.54, 1.807) is 0 Å². The van der Waals surface area contributed by atoms with E-state index in [4.69, 9.17) is 0 Å². The van der Waals surface area contributed by atoms with Crippen LogP contribution in [0, 0.1) is 11.8 Å². The molecule has 2 N–H and O–H groups in total. The molecule has 0 heterocycles. The van der Waals surface area contributed by atoms with Crippen molar-refractivity contribution >= 4 is 11.1 Å². The van der Waals surface area contributed by atoms with Crippen LogP contribution in [0.15, 0.2) is 0 Å². The minimum atomic E-state index is -1.75. The molecule has 20 heavy (non-hydrogen) atoms. The SMILES string of the molecule is CN(C1CCCCC1)C1C(O)C2CCC1C(S(=O)O)C2. The van der Waals surface area contributed by atoms with Gasteiger partial charge in [-0.1, -0.05) is 19.3 Å². The minimum absolute atomic E-state index is 0.0895. The second-order valence-electron chi connectivity index (χ2n) is 6.99. The summed E-state index contributed by atoms with van der Waals surface area (Å²) in [5.74, 6) is 0.407. The molecule has 0 spiro atoms. The Balaban J connectivity index is 1.77. The van der Waals surface area contributed by atoms with Gasteiger partial charge in [0.15, 0.2) is 11.1 Å². The summed E-state index contributed by atoms with van der Waals surface area (Å²) in [6.07, 6.45) is 8.75. The molecule has 2 bridgehead atoms. The molecule has 4 fully saturated rings. The molecular weight excluding hydrogens is 274 g/mol. The van der Waals surface area contributed by atoms with Crippen molar-refractivity contribution in [2.45, 2.75) is 74.8 Å². The van der Waals surface area contributed by atoms with Crippen molar-refractivity contribution in [3.05, 3.63) is 0 Å². The van der Waals surface area contributed by atoms with E-state index < -0.39 is 11.1 Å². The Morgan fingerprint density at radius 3 is 2.45 bits per heavy atom. The van der Waals surface area contributed by atoms with Crippen LogP contribution in [0.2, 0.25) is 0 Å². The van der Waals surface area contributed by atoms with Gasteiger partial charge in [0.05, 0.1) is 11.4 Å². The van der Waals surface area contributed by atoms with Crippen molar-refractivity contribution in [2.24, 2.45) is 11.8 Å². The van der Waals surface area contributed by atoms with Crippen molar-refractivity contribution < 1.29 is 13.9 Å². The van der Waals surface area contributed by atoms with Crippen molar-refractivity contribution in [2.75, 3.05) is 7.05 Å². The Kier molecular flexibility index (Phi) is 4.51. The number of hydrogen-bond acceptors (Lipinski definition) is 3. The highest BCUT2D eigenvalue weighted by Crippen LogP contribution is 2.46. The van der Waals surface area contributed by atoms with Gasteiger partial charge in [-0.05, 0) is 51.0 Å². The highest BCUT2D eigenvalue weighted by Gasteiger charge is 2.52. The topological polar surface area (TPSA) is 60.8 Å². The monoisotopic (exact) mass is 301 g/mol. The third-order valence-corrected chi connectivity index (χ3v) is 7.09. The van der Waals surface area contributed by atoms with Crippen LogP contribution in [0.3, 0.4) is 0 Å². The standard InChI is InChI=1S/C15H27NO3S/c1-16(11-5-3-2-4-6-11)14-12-8-7-10(15(14)17)9-13(12)20(18)19/h10-15,17H,2-9H2,1H3,(H,18,19). The molecule has 4 rings (SSSR count). The summed E-state index contributed by atoms with van der Waals surface area (Å²) in [7, 11) is 2.13. The minimum Gasteiger partial charge on any atom is -0.391 e. The van der Waals surface area contributed by atoms with E-state index in [0.717, 1.165) is 19.3 Å². The van der Waals surface area contributed by atoms with E-state index >= 15 is 0 Å². The smallest absolute Gasteiger partial charge is 0.156 e. The van der Waals surface area contributed by atoms with Crippen LogP contribution < -0.4 is 0 Å². The van der Waals surface area contributed by atoms with Gasteiger partial charge in [0.2, 0.25) is 0 Å². The van der Waals surface area contributed by atoms with E-state index in [2.05, 4.69) is 11.9 Å². The van der Waals surface area contributed by atoms with Gasteiger partial charge in [-0.15, -0.1) is 0 Å². The molecule has 4 aliphatic carbocycles. The second kappa shape index (κ2) is 6.03. The molecule has 6 atom stereocenters. The van der Waals surface area contributed by atoms with Crippen molar-refractivity contribution in [3.63, 3.8) is 0 Å². The summed E-state index contributed by atoms with van der Waals surface area (Å²) in [4.78, 5) is 2.36. The number of nitrogens with zero attached hydrogens (tertiary/aromatic N) is 1. The van der Waals surface area contributed by atoms with Crippen LogP contribution >= 0.6 is 0 Å². The van der Waals surface area contributed by atoms with Crippen LogP contribution in [0.4, 0.5) is 0 Å². The molecule has 116 valence electrons. The lowest BCUT2D eigenvalue weighted by molar-refractivity contribution is -0.0869. The molecule has 0 amide bonds. The maximum atomic E-state index is 11.6. The molecule has 0 saturated heterocycles. The lowest BCUT2D eigenvalue weighted by Crippen LogP contribution is -2.62. The molecule has 0 aromatic carbocycles. The van der Waals surface area contributed by atoms with Crippen molar-refractivity contribution in [1.82, 2.24) is 4.90 Å². The Morgan fingerprint density at radius 2 is 1.80 bits per heavy atom. The summed E-state index contributed by atoms with van der Waals surface area (Å²) in [6, 6.07) is 0.641. The van der Waals surface area contributed by atoms with E-state index in [-0.39, 0.29) is 29.2 Å². The first-order valence-corrected chi connectivity index (χ1v) is 9.26. The van der Waals surface area contributed by atoms with Gasteiger partial charge in [0.25, 0.3) is 0 Å². The maximum Gasteiger partial charge on any atom is 0.156 e. The average molecular weight is 301 g/mol. The van der Waals surface area contributed by atoms with Crippen LogP contribution in [-0.2, 0) is 11.1 Å². The number of hydrogen-bond donors (Lipinski definition) is 2. The molecular formula is C15H27NO3S. The summed E-state index contributed by atoms with van der Waals surface area (Å²) in [5.41, 5.74) is 0. The fraction of sp³-hybridized carbons (Fsp3) is 1.00. The number of likely N-dealkylation sites (N-methyl/N-ethyl adjacent to an activating group) is 1. The fourth-order valence-corrected chi connectivity index (χ4v) is 5.93. The van der Waals surface area contributed by atoms with E-state index in [0.29, 0.717) is 6.04 Å². The molecule has 0 radical (unpaired) electrons. The molecule has 4 aliphatic rings. The van der Waals surface area contributed by atoms with E-state index in [1.165, 1.54) is 32.1 Å². The van der Waals surface area contributed by atoms with E-state index in [1.807, 2.05) is 0 Å². The maximum absolute atomic E-state index is 11.6. The number of fused-ring (bicyclic) bond motifs is 3. The fourth-order valence-electron chi connectivity index (χ4n) is 4.92. The Labute approximate surface area is 124 Å². The lowest BCUT2D eigenvalue weighted by Gasteiger charge is -2.54. The summed E-state index contributed by atoms with van der Waals surface area (Å²) < 4.78 is 21.2. The van der Waals surface area contributed by atoms with Gasteiger partial charge in [-0.25, -0.2) is 4.21 Å². The average Bonchev–Trinajstić information content (AvgIpc) is 2.48. The van der Waals surface area contributed by atoms with Gasteiger partial charge < -0.3 is 9.66 Å². The normalized spacial score (nSPS) is 43.9. The Bertz CT molecular complexity index is 372. The molecule has 6 unspecified atom stereocenters. The van der Waals surface area contributed by atoms with Crippen LogP contribution in [-0.4, -0.2) is 49.3 Å². The molecule has 0 aromatic rings. The zero-order valence-electron chi connectivity index (χ0n) is 12.3. The first-order chi connectivity index (χ1) is 9.59. The first-order valence-electron chi connectivity index (χ1n) is 8.09. The van der Waals surface area contributed by atoms with Crippen LogP contribution in [0.25, 0.3) is 0 Å². The molecule has 0 aliphatic heterocycles. The number of aliphatic hydroxyl groups is 1. The predicted molar refractivity (Wildman–Crippen MR) is 79.8 cm³/mol. The predicted octanol–water partition coefficient (Wildman–Crippen LogP) is 2.00. The van der Waals surface area contributed by atoms with E-state index in [9.17, 15) is 13.9 Å². The zero-order valence-corrected chi connectivity index (χ0v) is 13.1. The Hall–Kier alpha value is 0.0300.